The van der Waals surface area contributed by atoms with Crippen LogP contribution in [0.2, 0.25) is 0 Å². The van der Waals surface area contributed by atoms with E-state index in [1.165, 1.54) is 0 Å². The third-order valence-electron chi connectivity index (χ3n) is 2.06. The van der Waals surface area contributed by atoms with Gasteiger partial charge in [0.05, 0.1) is 6.10 Å². The van der Waals surface area contributed by atoms with E-state index in [9.17, 15) is 9.50 Å². The van der Waals surface area contributed by atoms with Crippen LogP contribution in [0, 0.1) is 5.41 Å². The van der Waals surface area contributed by atoms with Gasteiger partial charge in [0, 0.05) is 18.5 Å². The number of nitrogens with one attached hydrogen (secondary N) is 1. The van der Waals surface area contributed by atoms with E-state index in [2.05, 4.69) is 5.32 Å². The van der Waals surface area contributed by atoms with Gasteiger partial charge in [-0.1, -0.05) is 13.8 Å². The normalized spacial score (nSPS) is 36.0. The fraction of sp³-hybridized carbons (Fsp3) is 1.00. The number of rotatable bonds is 0. The molecule has 1 aliphatic rings. The molecule has 0 radical (unpaired) electrons. The molecule has 2 atom stereocenters. The molecule has 11 heavy (non-hydrogen) atoms. The van der Waals surface area contributed by atoms with Gasteiger partial charge in [-0.15, -0.1) is 12.4 Å². The monoisotopic (exact) mass is 183 g/mol. The third kappa shape index (κ3) is 2.29. The predicted molar refractivity (Wildman–Crippen MR) is 44.8 cm³/mol. The number of piperidine rings is 1. The van der Waals surface area contributed by atoms with E-state index in [1.807, 2.05) is 13.8 Å². The molecule has 2 unspecified atom stereocenters. The number of alkyl halides is 1. The van der Waals surface area contributed by atoms with E-state index in [-0.39, 0.29) is 24.4 Å². The molecule has 2 N–H and O–H groups in total. The lowest BCUT2D eigenvalue weighted by atomic mass is 9.81. The van der Waals surface area contributed by atoms with Gasteiger partial charge in [0.1, 0.15) is 6.17 Å². The summed E-state index contributed by atoms with van der Waals surface area (Å²) in [6.07, 6.45) is -1.92. The van der Waals surface area contributed by atoms with Crippen molar-refractivity contribution in [2.45, 2.75) is 26.1 Å². The van der Waals surface area contributed by atoms with Crippen molar-refractivity contribution < 1.29 is 9.50 Å². The lowest BCUT2D eigenvalue weighted by Crippen LogP contribution is -2.53. The Balaban J connectivity index is 0.000001000. The maximum absolute atomic E-state index is 12.8. The highest BCUT2D eigenvalue weighted by molar-refractivity contribution is 5.85. The van der Waals surface area contributed by atoms with Crippen LogP contribution >= 0.6 is 12.4 Å². The number of aliphatic hydroxyl groups excluding tert-OH is 1. The van der Waals surface area contributed by atoms with Gasteiger partial charge >= 0.3 is 0 Å². The first-order valence-electron chi connectivity index (χ1n) is 3.57. The van der Waals surface area contributed by atoms with E-state index in [4.69, 9.17) is 0 Å². The average Bonchev–Trinajstić information content (AvgIpc) is 1.83. The second-order valence-electron chi connectivity index (χ2n) is 3.58. The summed E-state index contributed by atoms with van der Waals surface area (Å²) in [7, 11) is 0. The molecule has 4 heteroatoms. The Morgan fingerprint density at radius 3 is 2.45 bits per heavy atom. The molecule has 0 bridgehead atoms. The van der Waals surface area contributed by atoms with E-state index < -0.39 is 12.3 Å². The van der Waals surface area contributed by atoms with E-state index in [0.29, 0.717) is 6.54 Å². The fourth-order valence-corrected chi connectivity index (χ4v) is 1.24. The van der Waals surface area contributed by atoms with Gasteiger partial charge in [-0.25, -0.2) is 4.39 Å². The summed E-state index contributed by atoms with van der Waals surface area (Å²) in [6, 6.07) is 0. The Labute approximate surface area is 72.6 Å². The molecule has 1 aliphatic heterocycles. The molecule has 0 aromatic rings. The molecule has 1 saturated heterocycles. The first-order valence-corrected chi connectivity index (χ1v) is 3.57. The first-order chi connectivity index (χ1) is 4.54. The van der Waals surface area contributed by atoms with Crippen molar-refractivity contribution in [3.63, 3.8) is 0 Å². The van der Waals surface area contributed by atoms with Crippen LogP contribution in [-0.2, 0) is 0 Å². The van der Waals surface area contributed by atoms with Crippen LogP contribution in [0.3, 0.4) is 0 Å². The van der Waals surface area contributed by atoms with Crippen LogP contribution in [0.15, 0.2) is 0 Å². The molecule has 1 rings (SSSR count). The second kappa shape index (κ2) is 3.70. The van der Waals surface area contributed by atoms with Crippen LogP contribution in [0.1, 0.15) is 13.8 Å². The molecular weight excluding hydrogens is 169 g/mol. The summed E-state index contributed by atoms with van der Waals surface area (Å²) in [5, 5.41) is 12.2. The quantitative estimate of drug-likeness (QED) is 0.581. The predicted octanol–water partition coefficient (Wildman–Crippen LogP) is 0.737. The maximum atomic E-state index is 12.8. The third-order valence-corrected chi connectivity index (χ3v) is 2.06. The van der Waals surface area contributed by atoms with Gasteiger partial charge in [0.15, 0.2) is 0 Å². The molecule has 1 heterocycles. The van der Waals surface area contributed by atoms with Gasteiger partial charge < -0.3 is 10.4 Å². The molecule has 0 aromatic carbocycles. The summed E-state index contributed by atoms with van der Waals surface area (Å²) < 4.78 is 12.8. The van der Waals surface area contributed by atoms with Crippen molar-refractivity contribution in [2.24, 2.45) is 5.41 Å². The number of hydrogen-bond donors (Lipinski definition) is 2. The van der Waals surface area contributed by atoms with E-state index >= 15 is 0 Å². The molecule has 0 amide bonds. The Kier molecular flexibility index (Phi) is 3.74. The van der Waals surface area contributed by atoms with Gasteiger partial charge in [-0.3, -0.25) is 0 Å². The Morgan fingerprint density at radius 2 is 2.09 bits per heavy atom. The van der Waals surface area contributed by atoms with Crippen molar-refractivity contribution in [3.05, 3.63) is 0 Å². The SMILES string of the molecule is CC1(C)CNCC(F)C1O.Cl. The largest absolute Gasteiger partial charge is 0.389 e. The fourth-order valence-electron chi connectivity index (χ4n) is 1.24. The Hall–Kier alpha value is 0.140. The molecule has 0 aliphatic carbocycles. The summed E-state index contributed by atoms with van der Waals surface area (Å²) in [5.41, 5.74) is -0.322. The minimum Gasteiger partial charge on any atom is -0.389 e. The highest BCUT2D eigenvalue weighted by atomic mass is 35.5. The minimum absolute atomic E-state index is 0. The Morgan fingerprint density at radius 1 is 1.55 bits per heavy atom. The smallest absolute Gasteiger partial charge is 0.139 e. The zero-order chi connectivity index (χ0) is 7.78. The van der Waals surface area contributed by atoms with Gasteiger partial charge in [0.2, 0.25) is 0 Å². The van der Waals surface area contributed by atoms with Gasteiger partial charge in [0.25, 0.3) is 0 Å². The molecule has 0 aromatic heterocycles. The van der Waals surface area contributed by atoms with E-state index in [1.54, 1.807) is 0 Å². The van der Waals surface area contributed by atoms with Gasteiger partial charge in [-0.2, -0.15) is 0 Å². The summed E-state index contributed by atoms with van der Waals surface area (Å²) >= 11 is 0. The summed E-state index contributed by atoms with van der Waals surface area (Å²) in [6.45, 7) is 4.69. The standard InChI is InChI=1S/C7H14FNO.ClH/c1-7(2)4-9-3-5(8)6(7)10;/h5-6,9-10H,3-4H2,1-2H3;1H. The van der Waals surface area contributed by atoms with Crippen LogP contribution in [0.25, 0.3) is 0 Å². The zero-order valence-electron chi connectivity index (χ0n) is 6.80. The van der Waals surface area contributed by atoms with Crippen LogP contribution < -0.4 is 5.32 Å². The molecule has 0 saturated carbocycles. The maximum Gasteiger partial charge on any atom is 0.139 e. The number of aliphatic hydroxyl groups is 1. The molecule has 1 fully saturated rings. The van der Waals surface area contributed by atoms with E-state index in [0.717, 1.165) is 0 Å². The highest BCUT2D eigenvalue weighted by Crippen LogP contribution is 2.26. The lowest BCUT2D eigenvalue weighted by Gasteiger charge is -2.37. The average molecular weight is 184 g/mol. The summed E-state index contributed by atoms with van der Waals surface area (Å²) in [4.78, 5) is 0. The van der Waals surface area contributed by atoms with Crippen LogP contribution in [0.5, 0.6) is 0 Å². The molecule has 2 nitrogen and oxygen atoms in total. The molecule has 68 valence electrons. The number of halogens is 2. The van der Waals surface area contributed by atoms with Crippen molar-refractivity contribution in [1.29, 1.82) is 0 Å². The lowest BCUT2D eigenvalue weighted by molar-refractivity contribution is -0.0346. The highest BCUT2D eigenvalue weighted by Gasteiger charge is 2.37. The minimum atomic E-state index is -1.11. The summed E-state index contributed by atoms with van der Waals surface area (Å²) in [5.74, 6) is 0. The van der Waals surface area contributed by atoms with Crippen molar-refractivity contribution in [2.75, 3.05) is 13.1 Å². The zero-order valence-corrected chi connectivity index (χ0v) is 7.62. The topological polar surface area (TPSA) is 32.3 Å². The second-order valence-corrected chi connectivity index (χ2v) is 3.58. The van der Waals surface area contributed by atoms with Crippen LogP contribution in [-0.4, -0.2) is 30.5 Å². The Bertz CT molecular complexity index is 132. The van der Waals surface area contributed by atoms with Crippen molar-refractivity contribution >= 4 is 12.4 Å². The molecule has 0 spiro atoms. The first kappa shape index (κ1) is 11.1. The van der Waals surface area contributed by atoms with Gasteiger partial charge in [-0.05, 0) is 0 Å². The number of hydrogen-bond acceptors (Lipinski definition) is 2. The molecular formula is C7H15ClFNO. The van der Waals surface area contributed by atoms with Crippen molar-refractivity contribution in [3.8, 4) is 0 Å². The van der Waals surface area contributed by atoms with Crippen molar-refractivity contribution in [1.82, 2.24) is 5.32 Å². The van der Waals surface area contributed by atoms with Crippen LogP contribution in [0.4, 0.5) is 4.39 Å².